The van der Waals surface area contributed by atoms with Crippen molar-refractivity contribution in [1.82, 2.24) is 0 Å². The Balaban J connectivity index is -0.0000000941. The van der Waals surface area contributed by atoms with Gasteiger partial charge in [0, 0.05) is 56.9 Å². The van der Waals surface area contributed by atoms with Crippen molar-refractivity contribution >= 4 is 0 Å². The van der Waals surface area contributed by atoms with Gasteiger partial charge in [0.1, 0.15) is 0 Å². The van der Waals surface area contributed by atoms with E-state index in [0.29, 0.717) is 74.5 Å². The molecular weight excluding hydrogens is 1410 g/mol. The van der Waals surface area contributed by atoms with Crippen molar-refractivity contribution in [2.75, 3.05) is 136 Å². The molecule has 8 N–H and O–H groups in total. The number of rotatable bonds is 16. The molecule has 672 valence electrons. The van der Waals surface area contributed by atoms with E-state index in [9.17, 15) is 0 Å². The van der Waals surface area contributed by atoms with Crippen LogP contribution in [0, 0.1) is 21.7 Å². The zero-order chi connectivity index (χ0) is 88.4. The second kappa shape index (κ2) is 120. The molecule has 112 heavy (non-hydrogen) atoms. The van der Waals surface area contributed by atoms with Crippen LogP contribution in [0.3, 0.4) is 0 Å². The summed E-state index contributed by atoms with van der Waals surface area (Å²) in [6, 6.07) is 48.0. The normalized spacial score (nSPS) is 13.6. The summed E-state index contributed by atoms with van der Waals surface area (Å²) in [5.74, 6) is 0. The number of hydrogen-bond acceptors (Lipinski definition) is 16. The molecule has 4 aromatic carbocycles. The molecule has 16 heteroatoms. The van der Waals surface area contributed by atoms with Gasteiger partial charge in [0.15, 0.2) is 0 Å². The Bertz CT molecular complexity index is 1470. The number of benzene rings is 4. The van der Waals surface area contributed by atoms with E-state index in [0.717, 1.165) is 0 Å². The Morgan fingerprint density at radius 2 is 0.259 bits per heavy atom. The summed E-state index contributed by atoms with van der Waals surface area (Å²) in [5, 5.41) is 65.5. The molecule has 4 saturated carbocycles. The van der Waals surface area contributed by atoms with Crippen LogP contribution in [-0.2, 0) is 37.9 Å². The van der Waals surface area contributed by atoms with E-state index in [1.807, 2.05) is 146 Å². The summed E-state index contributed by atoms with van der Waals surface area (Å²) in [5.41, 5.74) is 2.00. The topological polar surface area (TPSA) is 236 Å². The Labute approximate surface area is 695 Å². The van der Waals surface area contributed by atoms with Crippen molar-refractivity contribution in [2.45, 2.75) is 317 Å². The molecular formula is C96H192O16. The fourth-order valence-corrected chi connectivity index (χ4v) is 7.11. The first-order chi connectivity index (χ1) is 52.7. The third kappa shape index (κ3) is 285. The minimum Gasteiger partial charge on any atom is -0.394 e. The van der Waals surface area contributed by atoms with Crippen molar-refractivity contribution < 1.29 is 78.7 Å². The Morgan fingerprint density at radius 1 is 0.188 bits per heavy atom. The third-order valence-electron chi connectivity index (χ3n) is 11.5. The summed E-state index contributed by atoms with van der Waals surface area (Å²) >= 11 is 0. The highest BCUT2D eigenvalue weighted by molar-refractivity contribution is 5.01. The molecule has 4 aromatic rings. The molecule has 4 unspecified atom stereocenters. The second-order valence-electron chi connectivity index (χ2n) is 33.2. The third-order valence-corrected chi connectivity index (χ3v) is 11.5. The largest absolute Gasteiger partial charge is 0.394 e. The molecule has 4 atom stereocenters. The van der Waals surface area contributed by atoms with E-state index in [1.165, 1.54) is 154 Å². The number of aliphatic hydroxyl groups is 8. The smallest absolute Gasteiger partial charge is 0.0745 e. The van der Waals surface area contributed by atoms with E-state index < -0.39 is 0 Å². The van der Waals surface area contributed by atoms with Gasteiger partial charge in [-0.25, -0.2) is 0 Å². The Morgan fingerprint density at radius 3 is 0.277 bits per heavy atom. The molecule has 4 aliphatic rings. The molecule has 4 fully saturated rings. The predicted molar refractivity (Wildman–Crippen MR) is 487 cm³/mol. The number of ether oxygens (including phenoxy) is 8. The monoisotopic (exact) mass is 1600 g/mol. The van der Waals surface area contributed by atoms with Crippen LogP contribution >= 0.6 is 0 Å². The van der Waals surface area contributed by atoms with E-state index in [1.54, 1.807) is 84.6 Å². The van der Waals surface area contributed by atoms with Crippen molar-refractivity contribution in [3.05, 3.63) is 146 Å². The van der Waals surface area contributed by atoms with Gasteiger partial charge >= 0.3 is 0 Å². The fraction of sp³-hybridized carbons (Fsp3) is 0.750. The van der Waals surface area contributed by atoms with Gasteiger partial charge in [-0.05, 0) is 49.4 Å². The van der Waals surface area contributed by atoms with Gasteiger partial charge in [0.2, 0.25) is 0 Å². The Hall–Kier alpha value is -3.76. The maximum Gasteiger partial charge on any atom is 0.0745 e. The first kappa shape index (κ1) is 134. The van der Waals surface area contributed by atoms with E-state index in [4.69, 9.17) is 40.9 Å². The summed E-state index contributed by atoms with van der Waals surface area (Å²) < 4.78 is 36.0. The summed E-state index contributed by atoms with van der Waals surface area (Å²) in [7, 11) is 12.5. The lowest BCUT2D eigenvalue weighted by Gasteiger charge is -2.05. The van der Waals surface area contributed by atoms with Gasteiger partial charge in [0.05, 0.1) is 104 Å². The lowest BCUT2D eigenvalue weighted by molar-refractivity contribution is 0.0764. The van der Waals surface area contributed by atoms with Crippen molar-refractivity contribution in [3.8, 4) is 0 Å². The molecule has 16 nitrogen and oxygen atoms in total. The number of methoxy groups -OCH3 is 8. The zero-order valence-electron chi connectivity index (χ0n) is 78.5. The van der Waals surface area contributed by atoms with E-state index >= 15 is 0 Å². The first-order valence-electron chi connectivity index (χ1n) is 41.8. The lowest BCUT2D eigenvalue weighted by Crippen LogP contribution is -2.07. The van der Waals surface area contributed by atoms with Gasteiger partial charge in [0.25, 0.3) is 0 Å². The van der Waals surface area contributed by atoms with Gasteiger partial charge in [-0.2, -0.15) is 0 Å². The van der Waals surface area contributed by atoms with Crippen LogP contribution in [0.1, 0.15) is 293 Å². The summed E-state index contributed by atoms with van der Waals surface area (Å²) in [6.07, 6.45) is 34.7. The van der Waals surface area contributed by atoms with Crippen LogP contribution in [0.4, 0.5) is 0 Å². The van der Waals surface area contributed by atoms with Crippen LogP contribution in [0.2, 0.25) is 0 Å². The maximum atomic E-state index is 8.43. The molecule has 0 radical (unpaired) electrons. The molecule has 0 aromatic heterocycles. The number of aliphatic hydroxyl groups excluding tert-OH is 8. The molecule has 4 aliphatic carbocycles. The van der Waals surface area contributed by atoms with E-state index in [-0.39, 0.29) is 50.8 Å². The first-order valence-corrected chi connectivity index (χ1v) is 41.8. The molecule has 0 heterocycles. The molecule has 0 saturated heterocycles. The van der Waals surface area contributed by atoms with Crippen molar-refractivity contribution in [1.29, 1.82) is 0 Å². The number of hydrogen-bond donors (Lipinski definition) is 8. The van der Waals surface area contributed by atoms with Crippen molar-refractivity contribution in [3.63, 3.8) is 0 Å². The van der Waals surface area contributed by atoms with Crippen LogP contribution in [0.25, 0.3) is 0 Å². The van der Waals surface area contributed by atoms with Gasteiger partial charge in [-0.15, -0.1) is 0 Å². The zero-order valence-corrected chi connectivity index (χ0v) is 78.5. The van der Waals surface area contributed by atoms with Crippen LogP contribution < -0.4 is 0 Å². The highest BCUT2D eigenvalue weighted by Crippen LogP contribution is 2.18. The average Bonchev–Trinajstić information content (AvgIpc) is 3.91. The van der Waals surface area contributed by atoms with Crippen molar-refractivity contribution in [2.24, 2.45) is 21.7 Å². The van der Waals surface area contributed by atoms with Gasteiger partial charge < -0.3 is 78.7 Å². The SMILES string of the molecule is C1CCCCC1.C1CCCCC1.C1CCCCC1.C1CCCCC1.CC(C)(C)C.CC(C)(C)C.CC(C)(C)C.CC(C)(C)C.COCC(C)O.COCC(C)O.COCC(C)O.COCC(C)O.COCCO.COCCO.COCCO.COCCO.c1ccccc1.c1ccccc1.c1ccccc1.c1ccccc1. The molecule has 0 bridgehead atoms. The van der Waals surface area contributed by atoms with Crippen LogP contribution in [0.15, 0.2) is 146 Å². The highest BCUT2D eigenvalue weighted by atomic mass is 16.5. The molecule has 0 aliphatic heterocycles. The van der Waals surface area contributed by atoms with Gasteiger partial charge in [-0.1, -0.05) is 410 Å². The Kier molecular flexibility index (Phi) is 145. The molecule has 8 rings (SSSR count). The molecule has 0 amide bonds. The average molecular weight is 1600 g/mol. The van der Waals surface area contributed by atoms with Crippen LogP contribution in [0.5, 0.6) is 0 Å². The van der Waals surface area contributed by atoms with E-state index in [2.05, 4.69) is 149 Å². The fourth-order valence-electron chi connectivity index (χ4n) is 7.11. The summed E-state index contributed by atoms with van der Waals surface area (Å²) in [6.45, 7) is 45.7. The predicted octanol–water partition coefficient (Wildman–Crippen LogP) is 22.9. The quantitative estimate of drug-likeness (QED) is 0.0521. The maximum absolute atomic E-state index is 8.43. The van der Waals surface area contributed by atoms with Gasteiger partial charge in [-0.3, -0.25) is 0 Å². The highest BCUT2D eigenvalue weighted by Gasteiger charge is 2.00. The van der Waals surface area contributed by atoms with Crippen LogP contribution in [-0.4, -0.2) is 201 Å². The summed E-state index contributed by atoms with van der Waals surface area (Å²) in [4.78, 5) is 0. The lowest BCUT2D eigenvalue weighted by atomic mass is 10.0. The minimum atomic E-state index is -0.324. The minimum absolute atomic E-state index is 0.122. The second-order valence-corrected chi connectivity index (χ2v) is 33.2. The molecule has 0 spiro atoms. The standard InChI is InChI=1S/4C6H12.4C6H6.4C5H12.4C4H10O2.4C3H8O2/c8*1-2-4-6-5-3-1;4*1-5(2,3)4;4*1-4(5)3-6-2;4*1-5-3-2-4/h4*1-6H2;4*1-6H;4*1-4H3;4*4-5H,3H2,1-2H3;4*4H,2-3H2,1H3.